The molecule has 0 aliphatic rings. The first-order chi connectivity index (χ1) is 9.11. The number of hydrogen-bond acceptors (Lipinski definition) is 3. The quantitative estimate of drug-likeness (QED) is 0.900. The predicted octanol–water partition coefficient (Wildman–Crippen LogP) is 3.06. The maximum Gasteiger partial charge on any atom is 0.341 e. The van der Waals surface area contributed by atoms with Crippen LogP contribution in [0, 0.1) is 5.82 Å². The van der Waals surface area contributed by atoms with E-state index in [2.05, 4.69) is 5.16 Å². The molecule has 0 fully saturated rings. The van der Waals surface area contributed by atoms with Crippen molar-refractivity contribution in [1.82, 2.24) is 5.16 Å². The van der Waals surface area contributed by atoms with E-state index in [0.717, 1.165) is 12.0 Å². The van der Waals surface area contributed by atoms with Crippen LogP contribution in [0.25, 0.3) is 0 Å². The Hall–Kier alpha value is -2.17. The van der Waals surface area contributed by atoms with Crippen molar-refractivity contribution in [2.24, 2.45) is 0 Å². The maximum absolute atomic E-state index is 12.8. The van der Waals surface area contributed by atoms with Crippen LogP contribution in [0.1, 0.15) is 40.7 Å². The van der Waals surface area contributed by atoms with Gasteiger partial charge in [-0.15, -0.1) is 0 Å². The summed E-state index contributed by atoms with van der Waals surface area (Å²) in [5.41, 5.74) is 1.38. The van der Waals surface area contributed by atoms with Crippen LogP contribution in [0.3, 0.4) is 0 Å². The van der Waals surface area contributed by atoms with Gasteiger partial charge >= 0.3 is 5.97 Å². The molecule has 0 radical (unpaired) electrons. The number of carbonyl (C=O) groups is 1. The Kier molecular flexibility index (Phi) is 3.94. The SMILES string of the molecule is CCCc1noc(Cc2ccc(F)cc2)c1C(=O)O. The lowest BCUT2D eigenvalue weighted by Crippen LogP contribution is -2.04. The normalized spacial score (nSPS) is 10.6. The van der Waals surface area contributed by atoms with Crippen LogP contribution in [0.5, 0.6) is 0 Å². The molecular formula is C14H14FNO3. The van der Waals surface area contributed by atoms with Crippen molar-refractivity contribution < 1.29 is 18.8 Å². The Morgan fingerprint density at radius 1 is 1.37 bits per heavy atom. The van der Waals surface area contributed by atoms with Crippen molar-refractivity contribution in [2.75, 3.05) is 0 Å². The van der Waals surface area contributed by atoms with Gasteiger partial charge in [-0.2, -0.15) is 0 Å². The van der Waals surface area contributed by atoms with Crippen LogP contribution in [0.2, 0.25) is 0 Å². The fourth-order valence-corrected chi connectivity index (χ4v) is 1.92. The van der Waals surface area contributed by atoms with Gasteiger partial charge in [0.15, 0.2) is 5.76 Å². The van der Waals surface area contributed by atoms with Crippen LogP contribution in [0.4, 0.5) is 4.39 Å². The second-order valence-corrected chi connectivity index (χ2v) is 4.29. The Morgan fingerprint density at radius 3 is 2.63 bits per heavy atom. The molecule has 0 amide bonds. The lowest BCUT2D eigenvalue weighted by molar-refractivity contribution is 0.0693. The predicted molar refractivity (Wildman–Crippen MR) is 66.7 cm³/mol. The second kappa shape index (κ2) is 5.65. The van der Waals surface area contributed by atoms with E-state index in [1.165, 1.54) is 12.1 Å². The standard InChI is InChI=1S/C14H14FNO3/c1-2-3-11-13(14(17)18)12(19-16-11)8-9-4-6-10(15)7-5-9/h4-7H,2-3,8H2,1H3,(H,17,18). The molecule has 1 aromatic carbocycles. The van der Waals surface area contributed by atoms with E-state index in [1.54, 1.807) is 12.1 Å². The highest BCUT2D eigenvalue weighted by Gasteiger charge is 2.21. The fraction of sp³-hybridized carbons (Fsp3) is 0.286. The maximum atomic E-state index is 12.8. The average Bonchev–Trinajstić information content (AvgIpc) is 2.76. The Bertz CT molecular complexity index is 575. The molecular weight excluding hydrogens is 249 g/mol. The molecule has 0 spiro atoms. The van der Waals surface area contributed by atoms with Crippen molar-refractivity contribution in [2.45, 2.75) is 26.2 Å². The summed E-state index contributed by atoms with van der Waals surface area (Å²) in [4.78, 5) is 11.3. The first-order valence-corrected chi connectivity index (χ1v) is 6.07. The number of hydrogen-bond donors (Lipinski definition) is 1. The minimum absolute atomic E-state index is 0.131. The lowest BCUT2D eigenvalue weighted by Gasteiger charge is -2.00. The Morgan fingerprint density at radius 2 is 2.05 bits per heavy atom. The number of benzene rings is 1. The van der Waals surface area contributed by atoms with Gasteiger partial charge in [0.05, 0.1) is 5.69 Å². The van der Waals surface area contributed by atoms with E-state index < -0.39 is 5.97 Å². The van der Waals surface area contributed by atoms with Gasteiger partial charge in [-0.05, 0) is 24.1 Å². The fourth-order valence-electron chi connectivity index (χ4n) is 1.92. The molecule has 100 valence electrons. The highest BCUT2D eigenvalue weighted by atomic mass is 19.1. The van der Waals surface area contributed by atoms with E-state index in [0.29, 0.717) is 24.3 Å². The Labute approximate surface area is 109 Å². The summed E-state index contributed by atoms with van der Waals surface area (Å²) >= 11 is 0. The monoisotopic (exact) mass is 263 g/mol. The zero-order chi connectivity index (χ0) is 13.8. The van der Waals surface area contributed by atoms with Gasteiger partial charge in [-0.25, -0.2) is 9.18 Å². The third-order valence-electron chi connectivity index (χ3n) is 2.81. The van der Waals surface area contributed by atoms with Crippen molar-refractivity contribution in [3.8, 4) is 0 Å². The second-order valence-electron chi connectivity index (χ2n) is 4.29. The summed E-state index contributed by atoms with van der Waals surface area (Å²) in [7, 11) is 0. The molecule has 0 aliphatic heterocycles. The highest BCUT2D eigenvalue weighted by molar-refractivity contribution is 5.90. The van der Waals surface area contributed by atoms with Crippen molar-refractivity contribution >= 4 is 5.97 Å². The first-order valence-electron chi connectivity index (χ1n) is 6.07. The molecule has 0 unspecified atom stereocenters. The van der Waals surface area contributed by atoms with E-state index in [9.17, 15) is 14.3 Å². The van der Waals surface area contributed by atoms with E-state index >= 15 is 0 Å². The molecule has 0 saturated heterocycles. The molecule has 4 nitrogen and oxygen atoms in total. The first kappa shape index (κ1) is 13.3. The molecule has 2 aromatic rings. The summed E-state index contributed by atoms with van der Waals surface area (Å²) in [6.07, 6.45) is 1.65. The van der Waals surface area contributed by atoms with Gasteiger partial charge in [0, 0.05) is 6.42 Å². The minimum atomic E-state index is -1.04. The van der Waals surface area contributed by atoms with Crippen LogP contribution in [0.15, 0.2) is 28.8 Å². The van der Waals surface area contributed by atoms with E-state index in [1.807, 2.05) is 6.92 Å². The summed E-state index contributed by atoms with van der Waals surface area (Å²) < 4.78 is 17.9. The van der Waals surface area contributed by atoms with E-state index in [4.69, 9.17) is 4.52 Å². The largest absolute Gasteiger partial charge is 0.477 e. The molecule has 1 heterocycles. The highest BCUT2D eigenvalue weighted by Crippen LogP contribution is 2.19. The summed E-state index contributed by atoms with van der Waals surface area (Å²) in [5, 5.41) is 13.0. The molecule has 19 heavy (non-hydrogen) atoms. The van der Waals surface area contributed by atoms with Crippen LogP contribution in [-0.4, -0.2) is 16.2 Å². The van der Waals surface area contributed by atoms with Crippen molar-refractivity contribution in [1.29, 1.82) is 0 Å². The summed E-state index contributed by atoms with van der Waals surface area (Å²) in [6, 6.07) is 5.87. The zero-order valence-electron chi connectivity index (χ0n) is 10.5. The number of aromatic carboxylic acids is 1. The number of halogens is 1. The number of aromatic nitrogens is 1. The molecule has 0 atom stereocenters. The topological polar surface area (TPSA) is 63.3 Å². The molecule has 1 aromatic heterocycles. The van der Waals surface area contributed by atoms with Crippen LogP contribution >= 0.6 is 0 Å². The van der Waals surface area contributed by atoms with Gasteiger partial charge in [0.1, 0.15) is 11.4 Å². The third-order valence-corrected chi connectivity index (χ3v) is 2.81. The lowest BCUT2D eigenvalue weighted by atomic mass is 10.0. The molecule has 0 aliphatic carbocycles. The molecule has 5 heteroatoms. The molecule has 0 bridgehead atoms. The number of carboxylic acid groups (broad SMARTS) is 1. The zero-order valence-corrected chi connectivity index (χ0v) is 10.5. The molecule has 0 saturated carbocycles. The van der Waals surface area contributed by atoms with Crippen molar-refractivity contribution in [3.05, 3.63) is 52.7 Å². The van der Waals surface area contributed by atoms with Crippen LogP contribution in [-0.2, 0) is 12.8 Å². The number of aryl methyl sites for hydroxylation is 1. The third kappa shape index (κ3) is 2.99. The van der Waals surface area contributed by atoms with Gasteiger partial charge in [-0.1, -0.05) is 30.6 Å². The number of carboxylic acids is 1. The molecule has 1 N–H and O–H groups in total. The summed E-state index contributed by atoms with van der Waals surface area (Å²) in [6.45, 7) is 1.94. The molecule has 2 rings (SSSR count). The van der Waals surface area contributed by atoms with Gasteiger partial charge in [0.2, 0.25) is 0 Å². The van der Waals surface area contributed by atoms with Gasteiger partial charge in [-0.3, -0.25) is 0 Å². The van der Waals surface area contributed by atoms with Crippen molar-refractivity contribution in [3.63, 3.8) is 0 Å². The van der Waals surface area contributed by atoms with Gasteiger partial charge < -0.3 is 9.63 Å². The average molecular weight is 263 g/mol. The van der Waals surface area contributed by atoms with Gasteiger partial charge in [0.25, 0.3) is 0 Å². The number of nitrogens with zero attached hydrogens (tertiary/aromatic N) is 1. The van der Waals surface area contributed by atoms with Crippen LogP contribution < -0.4 is 0 Å². The van der Waals surface area contributed by atoms with E-state index in [-0.39, 0.29) is 11.4 Å². The minimum Gasteiger partial charge on any atom is -0.477 e. The summed E-state index contributed by atoms with van der Waals surface area (Å²) in [5.74, 6) is -1.06. The Balaban J connectivity index is 2.29. The number of rotatable bonds is 5. The smallest absolute Gasteiger partial charge is 0.341 e.